The molecule has 37 heavy (non-hydrogen) atoms. The van der Waals surface area contributed by atoms with Gasteiger partial charge in [0, 0.05) is 39.2 Å². The molecule has 0 aliphatic carbocycles. The number of amides is 1. The summed E-state index contributed by atoms with van der Waals surface area (Å²) in [5, 5.41) is 4.84. The Labute approximate surface area is 215 Å². The SMILES string of the molecule is COc1cccc(-c2coc3c(C)c(OC)c(/C(C)=C/C(=O)Nc4cccc5nc(C)ccc45)cc23)c1. The van der Waals surface area contributed by atoms with E-state index in [4.69, 9.17) is 13.9 Å². The Morgan fingerprint density at radius 2 is 1.78 bits per heavy atom. The van der Waals surface area contributed by atoms with E-state index in [1.54, 1.807) is 26.6 Å². The summed E-state index contributed by atoms with van der Waals surface area (Å²) in [7, 11) is 3.27. The molecule has 5 aromatic rings. The Morgan fingerprint density at radius 1 is 0.973 bits per heavy atom. The predicted molar refractivity (Wildman–Crippen MR) is 148 cm³/mol. The lowest BCUT2D eigenvalue weighted by atomic mass is 9.96. The van der Waals surface area contributed by atoms with Crippen LogP contribution in [0, 0.1) is 13.8 Å². The lowest BCUT2D eigenvalue weighted by molar-refractivity contribution is -0.111. The summed E-state index contributed by atoms with van der Waals surface area (Å²) in [5.41, 5.74) is 7.61. The van der Waals surface area contributed by atoms with Crippen molar-refractivity contribution in [2.24, 2.45) is 0 Å². The molecule has 0 atom stereocenters. The summed E-state index contributed by atoms with van der Waals surface area (Å²) in [4.78, 5) is 17.6. The molecule has 0 bridgehead atoms. The van der Waals surface area contributed by atoms with Gasteiger partial charge in [-0.15, -0.1) is 0 Å². The number of pyridine rings is 1. The van der Waals surface area contributed by atoms with Gasteiger partial charge < -0.3 is 19.2 Å². The summed E-state index contributed by atoms with van der Waals surface area (Å²) < 4.78 is 17.1. The highest BCUT2D eigenvalue weighted by Gasteiger charge is 2.19. The number of methoxy groups -OCH3 is 2. The lowest BCUT2D eigenvalue weighted by Crippen LogP contribution is -2.09. The largest absolute Gasteiger partial charge is 0.497 e. The Kier molecular flexibility index (Phi) is 6.40. The predicted octanol–water partition coefficient (Wildman–Crippen LogP) is 7.32. The molecule has 6 heteroatoms. The second kappa shape index (κ2) is 9.82. The number of anilines is 1. The second-order valence-corrected chi connectivity index (χ2v) is 8.98. The second-order valence-electron chi connectivity index (χ2n) is 8.98. The number of nitrogens with one attached hydrogen (secondary N) is 1. The molecule has 2 aromatic heterocycles. The molecule has 0 unspecified atom stereocenters. The third-order valence-electron chi connectivity index (χ3n) is 6.53. The zero-order valence-corrected chi connectivity index (χ0v) is 21.5. The van der Waals surface area contributed by atoms with Crippen LogP contribution in [0.2, 0.25) is 0 Å². The first-order chi connectivity index (χ1) is 17.9. The van der Waals surface area contributed by atoms with Crippen LogP contribution in [0.3, 0.4) is 0 Å². The standard InChI is InChI=1S/C31H28N2O4/c1-18(14-29(34)33-28-11-7-10-27-23(28)13-12-19(2)32-27)24-16-25-26(21-8-6-9-22(15-21)35-4)17-37-31(25)20(3)30(24)36-5/h6-17H,1-5H3,(H,33,34)/b18-14+. The fourth-order valence-electron chi connectivity index (χ4n) is 4.70. The highest BCUT2D eigenvalue weighted by molar-refractivity contribution is 6.09. The van der Waals surface area contributed by atoms with Crippen LogP contribution in [0.15, 0.2) is 77.4 Å². The zero-order valence-electron chi connectivity index (χ0n) is 21.5. The van der Waals surface area contributed by atoms with Crippen molar-refractivity contribution in [3.63, 3.8) is 0 Å². The van der Waals surface area contributed by atoms with Crippen molar-refractivity contribution in [3.05, 3.63) is 89.8 Å². The summed E-state index contributed by atoms with van der Waals surface area (Å²) in [6.07, 6.45) is 3.34. The van der Waals surface area contributed by atoms with Crippen LogP contribution in [0.25, 0.3) is 38.6 Å². The molecule has 186 valence electrons. The number of carbonyl (C=O) groups is 1. The van der Waals surface area contributed by atoms with Crippen LogP contribution in [0.1, 0.15) is 23.7 Å². The molecule has 0 saturated carbocycles. The molecular weight excluding hydrogens is 464 g/mol. The van der Waals surface area contributed by atoms with Crippen molar-refractivity contribution in [2.75, 3.05) is 19.5 Å². The fraction of sp³-hybridized carbons (Fsp3) is 0.161. The number of aromatic nitrogens is 1. The third kappa shape index (κ3) is 4.54. The first kappa shape index (κ1) is 24.1. The van der Waals surface area contributed by atoms with Gasteiger partial charge in [0.05, 0.1) is 31.7 Å². The van der Waals surface area contributed by atoms with Crippen LogP contribution in [-0.2, 0) is 4.79 Å². The molecule has 2 heterocycles. The highest BCUT2D eigenvalue weighted by atomic mass is 16.5. The number of carbonyl (C=O) groups excluding carboxylic acids is 1. The van der Waals surface area contributed by atoms with Gasteiger partial charge in [0.15, 0.2) is 0 Å². The molecule has 0 saturated heterocycles. The Morgan fingerprint density at radius 3 is 2.57 bits per heavy atom. The van der Waals surface area contributed by atoms with Gasteiger partial charge in [-0.3, -0.25) is 9.78 Å². The number of fused-ring (bicyclic) bond motifs is 2. The molecular formula is C31H28N2O4. The number of ether oxygens (including phenoxy) is 2. The van der Waals surface area contributed by atoms with Gasteiger partial charge in [-0.1, -0.05) is 18.2 Å². The summed E-state index contributed by atoms with van der Waals surface area (Å²) >= 11 is 0. The van der Waals surface area contributed by atoms with Crippen LogP contribution < -0.4 is 14.8 Å². The number of rotatable bonds is 6. The summed E-state index contributed by atoms with van der Waals surface area (Å²) in [5.74, 6) is 1.21. The number of hydrogen-bond acceptors (Lipinski definition) is 5. The lowest BCUT2D eigenvalue weighted by Gasteiger charge is -2.14. The summed E-state index contributed by atoms with van der Waals surface area (Å²) in [6, 6.07) is 19.5. The van der Waals surface area contributed by atoms with E-state index in [2.05, 4.69) is 10.3 Å². The van der Waals surface area contributed by atoms with E-state index in [0.29, 0.717) is 11.4 Å². The quantitative estimate of drug-likeness (QED) is 0.251. The van der Waals surface area contributed by atoms with Crippen molar-refractivity contribution in [1.29, 1.82) is 0 Å². The van der Waals surface area contributed by atoms with Crippen LogP contribution in [-0.4, -0.2) is 25.1 Å². The van der Waals surface area contributed by atoms with Crippen LogP contribution >= 0.6 is 0 Å². The van der Waals surface area contributed by atoms with Gasteiger partial charge in [0.1, 0.15) is 17.1 Å². The molecule has 3 aromatic carbocycles. The summed E-state index contributed by atoms with van der Waals surface area (Å²) in [6.45, 7) is 5.81. The minimum absolute atomic E-state index is 0.231. The van der Waals surface area contributed by atoms with E-state index in [9.17, 15) is 4.79 Å². The Balaban J connectivity index is 1.54. The van der Waals surface area contributed by atoms with Crippen molar-refractivity contribution >= 4 is 39.0 Å². The molecule has 1 N–H and O–H groups in total. The van der Waals surface area contributed by atoms with Gasteiger partial charge in [-0.25, -0.2) is 0 Å². The number of furan rings is 1. The van der Waals surface area contributed by atoms with Crippen molar-refractivity contribution in [2.45, 2.75) is 20.8 Å². The molecule has 1 amide bonds. The topological polar surface area (TPSA) is 73.6 Å². The average molecular weight is 493 g/mol. The maximum atomic E-state index is 13.1. The van der Waals surface area contributed by atoms with Crippen molar-refractivity contribution in [1.82, 2.24) is 4.98 Å². The minimum atomic E-state index is -0.231. The fourth-order valence-corrected chi connectivity index (χ4v) is 4.70. The number of aryl methyl sites for hydroxylation is 2. The zero-order chi connectivity index (χ0) is 26.1. The van der Waals surface area contributed by atoms with E-state index >= 15 is 0 Å². The van der Waals surface area contributed by atoms with E-state index < -0.39 is 0 Å². The van der Waals surface area contributed by atoms with Gasteiger partial charge in [-0.05, 0) is 74.4 Å². The van der Waals surface area contributed by atoms with Gasteiger partial charge in [0.25, 0.3) is 0 Å². The monoisotopic (exact) mass is 492 g/mol. The van der Waals surface area contributed by atoms with Gasteiger partial charge in [0.2, 0.25) is 5.91 Å². The number of nitrogens with zero attached hydrogens (tertiary/aromatic N) is 1. The Hall–Kier alpha value is -4.58. The van der Waals surface area contributed by atoms with E-state index in [1.165, 1.54) is 0 Å². The highest BCUT2D eigenvalue weighted by Crippen LogP contribution is 2.41. The Bertz CT molecular complexity index is 1680. The maximum absolute atomic E-state index is 13.1. The smallest absolute Gasteiger partial charge is 0.248 e. The van der Waals surface area contributed by atoms with Gasteiger partial charge >= 0.3 is 0 Å². The average Bonchev–Trinajstić information content (AvgIpc) is 3.33. The van der Waals surface area contributed by atoms with E-state index in [1.807, 2.05) is 81.4 Å². The number of allylic oxidation sites excluding steroid dienone is 1. The van der Waals surface area contributed by atoms with Gasteiger partial charge in [-0.2, -0.15) is 0 Å². The van der Waals surface area contributed by atoms with E-state index in [0.717, 1.165) is 61.1 Å². The molecule has 5 rings (SSSR count). The molecule has 0 fully saturated rings. The normalized spacial score (nSPS) is 11.6. The minimum Gasteiger partial charge on any atom is -0.497 e. The van der Waals surface area contributed by atoms with Crippen LogP contribution in [0.4, 0.5) is 5.69 Å². The van der Waals surface area contributed by atoms with Crippen molar-refractivity contribution < 1.29 is 18.7 Å². The van der Waals surface area contributed by atoms with Crippen molar-refractivity contribution in [3.8, 4) is 22.6 Å². The molecule has 0 radical (unpaired) electrons. The molecule has 0 spiro atoms. The molecule has 0 aliphatic heterocycles. The number of benzene rings is 3. The maximum Gasteiger partial charge on any atom is 0.248 e. The third-order valence-corrected chi connectivity index (χ3v) is 6.53. The van der Waals surface area contributed by atoms with E-state index in [-0.39, 0.29) is 5.91 Å². The molecule has 0 aliphatic rings. The first-order valence-corrected chi connectivity index (χ1v) is 12.0. The first-order valence-electron chi connectivity index (χ1n) is 12.0. The van der Waals surface area contributed by atoms with Crippen LogP contribution in [0.5, 0.6) is 11.5 Å². The number of hydrogen-bond donors (Lipinski definition) is 1. The molecule has 6 nitrogen and oxygen atoms in total.